The maximum absolute atomic E-state index is 12.2. The van der Waals surface area contributed by atoms with Crippen molar-refractivity contribution < 1.29 is 23.9 Å². The Bertz CT molecular complexity index is 666. The molecule has 7 heteroatoms. The molecule has 2 saturated carbocycles. The molecule has 0 aromatic carbocycles. The van der Waals surface area contributed by atoms with Gasteiger partial charge in [0, 0.05) is 12.0 Å². The van der Waals surface area contributed by atoms with Gasteiger partial charge in [0.2, 0.25) is 0 Å². The largest absolute Gasteiger partial charge is 0.460 e. The Morgan fingerprint density at radius 2 is 1.28 bits per heavy atom. The maximum Gasteiger partial charge on any atom is 0.307 e. The van der Waals surface area contributed by atoms with Crippen LogP contribution in [0.3, 0.4) is 0 Å². The summed E-state index contributed by atoms with van der Waals surface area (Å²) in [5, 5.41) is 3.48. The molecule has 2 fully saturated rings. The van der Waals surface area contributed by atoms with Crippen molar-refractivity contribution in [3.8, 4) is 0 Å². The van der Waals surface area contributed by atoms with E-state index in [2.05, 4.69) is 5.32 Å². The molecule has 36 heavy (non-hydrogen) atoms. The van der Waals surface area contributed by atoms with Gasteiger partial charge in [0.05, 0.1) is 12.8 Å². The Hall–Kier alpha value is -1.47. The smallest absolute Gasteiger partial charge is 0.307 e. The molecule has 0 atom stereocenters. The number of hydrogen-bond donors (Lipinski definition) is 2. The Balaban J connectivity index is 0.000000369. The lowest BCUT2D eigenvalue weighted by Crippen LogP contribution is -2.40. The summed E-state index contributed by atoms with van der Waals surface area (Å²) in [6, 6.07) is 0. The lowest BCUT2D eigenvalue weighted by Gasteiger charge is -2.37. The van der Waals surface area contributed by atoms with Gasteiger partial charge >= 0.3 is 11.9 Å². The number of carbonyl (C=O) groups excluding carboxylic acids is 3. The highest BCUT2D eigenvalue weighted by Gasteiger charge is 2.36. The molecular weight excluding hydrogens is 456 g/mol. The zero-order valence-corrected chi connectivity index (χ0v) is 24.0. The second-order valence-electron chi connectivity index (χ2n) is 12.9. The summed E-state index contributed by atoms with van der Waals surface area (Å²) in [6.45, 7) is 13.9. The fourth-order valence-corrected chi connectivity index (χ4v) is 5.24. The second-order valence-corrected chi connectivity index (χ2v) is 12.9. The molecule has 7 nitrogen and oxygen atoms in total. The molecule has 0 amide bonds. The monoisotopic (exact) mass is 510 g/mol. The number of esters is 2. The average Bonchev–Trinajstić information content (AvgIpc) is 2.76. The van der Waals surface area contributed by atoms with Crippen LogP contribution in [0.2, 0.25) is 0 Å². The van der Waals surface area contributed by atoms with E-state index in [1.54, 1.807) is 0 Å². The first-order valence-electron chi connectivity index (χ1n) is 14.0. The van der Waals surface area contributed by atoms with Gasteiger partial charge in [-0.2, -0.15) is 0 Å². The van der Waals surface area contributed by atoms with Gasteiger partial charge in [-0.1, -0.05) is 38.5 Å². The van der Waals surface area contributed by atoms with Gasteiger partial charge < -0.3 is 25.3 Å². The standard InChI is InChI=1S/C16H32N2O2.C13H22O3/c1-15(2,3)20-14(19)12-16(8-5-4-6-9-16)13-18-11-7-10-17;1-12(2,3)16-11(15)9-13(10-14)7-5-4-6-8-13/h18H,4-13,17H2,1-3H3;10H,4-9H2,1-3H3. The summed E-state index contributed by atoms with van der Waals surface area (Å²) in [5.41, 5.74) is 4.31. The minimum absolute atomic E-state index is 0.0555. The maximum atomic E-state index is 12.2. The predicted octanol–water partition coefficient (Wildman–Crippen LogP) is 5.47. The van der Waals surface area contributed by atoms with E-state index < -0.39 is 11.0 Å². The highest BCUT2D eigenvalue weighted by Crippen LogP contribution is 2.40. The fourth-order valence-electron chi connectivity index (χ4n) is 5.24. The van der Waals surface area contributed by atoms with Crippen molar-refractivity contribution in [2.24, 2.45) is 16.6 Å². The molecule has 0 bridgehead atoms. The lowest BCUT2D eigenvalue weighted by molar-refractivity contribution is -0.160. The van der Waals surface area contributed by atoms with E-state index in [0.717, 1.165) is 64.3 Å². The number of nitrogens with one attached hydrogen (secondary N) is 1. The molecule has 0 saturated heterocycles. The van der Waals surface area contributed by atoms with Crippen LogP contribution in [-0.4, -0.2) is 49.1 Å². The van der Waals surface area contributed by atoms with Crippen LogP contribution in [0.15, 0.2) is 0 Å². The van der Waals surface area contributed by atoms with Crippen LogP contribution in [0.1, 0.15) is 125 Å². The number of nitrogens with two attached hydrogens (primary N) is 1. The minimum atomic E-state index is -0.462. The van der Waals surface area contributed by atoms with E-state index in [-0.39, 0.29) is 29.4 Å². The average molecular weight is 511 g/mol. The molecular formula is C29H54N2O5. The van der Waals surface area contributed by atoms with Crippen LogP contribution < -0.4 is 11.1 Å². The first-order chi connectivity index (χ1) is 16.7. The molecule has 210 valence electrons. The van der Waals surface area contributed by atoms with Crippen molar-refractivity contribution in [1.29, 1.82) is 0 Å². The number of rotatable bonds is 10. The van der Waals surface area contributed by atoms with Crippen molar-refractivity contribution in [2.75, 3.05) is 19.6 Å². The van der Waals surface area contributed by atoms with Crippen LogP contribution in [0.4, 0.5) is 0 Å². The van der Waals surface area contributed by atoms with Crippen molar-refractivity contribution in [3.05, 3.63) is 0 Å². The molecule has 2 rings (SSSR count). The van der Waals surface area contributed by atoms with E-state index in [1.165, 1.54) is 25.7 Å². The molecule has 0 heterocycles. The zero-order valence-electron chi connectivity index (χ0n) is 24.0. The van der Waals surface area contributed by atoms with Gasteiger partial charge in [-0.3, -0.25) is 9.59 Å². The molecule has 0 aromatic heterocycles. The van der Waals surface area contributed by atoms with Crippen LogP contribution in [0.25, 0.3) is 0 Å². The number of hydrogen-bond acceptors (Lipinski definition) is 7. The Kier molecular flexibility index (Phi) is 13.6. The summed E-state index contributed by atoms with van der Waals surface area (Å²) in [7, 11) is 0. The molecule has 0 aromatic rings. The third-order valence-corrected chi connectivity index (χ3v) is 6.93. The molecule has 2 aliphatic carbocycles. The summed E-state index contributed by atoms with van der Waals surface area (Å²) < 4.78 is 10.8. The topological polar surface area (TPSA) is 108 Å². The van der Waals surface area contributed by atoms with Crippen molar-refractivity contribution in [3.63, 3.8) is 0 Å². The highest BCUT2D eigenvalue weighted by molar-refractivity contribution is 5.76. The van der Waals surface area contributed by atoms with Gasteiger partial charge in [-0.15, -0.1) is 0 Å². The molecule has 0 unspecified atom stereocenters. The van der Waals surface area contributed by atoms with Crippen LogP contribution >= 0.6 is 0 Å². The Morgan fingerprint density at radius 3 is 1.72 bits per heavy atom. The molecule has 3 N–H and O–H groups in total. The van der Waals surface area contributed by atoms with Crippen LogP contribution in [0.5, 0.6) is 0 Å². The van der Waals surface area contributed by atoms with Crippen LogP contribution in [-0.2, 0) is 23.9 Å². The normalized spacial score (nSPS) is 19.4. The first-order valence-corrected chi connectivity index (χ1v) is 14.0. The van der Waals surface area contributed by atoms with E-state index in [4.69, 9.17) is 15.2 Å². The van der Waals surface area contributed by atoms with Gasteiger partial charge in [0.25, 0.3) is 0 Å². The van der Waals surface area contributed by atoms with Crippen molar-refractivity contribution in [2.45, 2.75) is 136 Å². The zero-order chi connectivity index (χ0) is 27.3. The Morgan fingerprint density at radius 1 is 0.806 bits per heavy atom. The van der Waals surface area contributed by atoms with Gasteiger partial charge in [-0.05, 0) is 92.2 Å². The predicted molar refractivity (Wildman–Crippen MR) is 145 cm³/mol. The summed E-state index contributed by atoms with van der Waals surface area (Å²) in [5.74, 6) is -0.304. The van der Waals surface area contributed by atoms with E-state index in [0.29, 0.717) is 13.0 Å². The molecule has 0 aliphatic heterocycles. The molecule has 0 spiro atoms. The summed E-state index contributed by atoms with van der Waals surface area (Å²) >= 11 is 0. The minimum Gasteiger partial charge on any atom is -0.460 e. The highest BCUT2D eigenvalue weighted by atomic mass is 16.6. The third kappa shape index (κ3) is 13.7. The van der Waals surface area contributed by atoms with Gasteiger partial charge in [-0.25, -0.2) is 0 Å². The second kappa shape index (κ2) is 15.1. The fraction of sp³-hybridized carbons (Fsp3) is 0.897. The van der Waals surface area contributed by atoms with Crippen LogP contribution in [0, 0.1) is 10.8 Å². The number of aldehydes is 1. The van der Waals surface area contributed by atoms with E-state index in [9.17, 15) is 14.4 Å². The summed E-state index contributed by atoms with van der Waals surface area (Å²) in [4.78, 5) is 35.0. The SMILES string of the molecule is CC(C)(C)OC(=O)CC1(C=O)CCCCC1.CC(C)(C)OC(=O)CC1(CNCCCN)CCCCC1. The number of carbonyl (C=O) groups is 3. The molecule has 2 aliphatic rings. The van der Waals surface area contributed by atoms with Crippen molar-refractivity contribution in [1.82, 2.24) is 5.32 Å². The number of ether oxygens (including phenoxy) is 2. The van der Waals surface area contributed by atoms with E-state index in [1.807, 2.05) is 41.5 Å². The third-order valence-electron chi connectivity index (χ3n) is 6.93. The molecule has 0 radical (unpaired) electrons. The quantitative estimate of drug-likeness (QED) is 0.228. The van der Waals surface area contributed by atoms with Gasteiger partial charge in [0.15, 0.2) is 0 Å². The Labute approximate surface area is 220 Å². The summed E-state index contributed by atoms with van der Waals surface area (Å²) in [6.07, 6.45) is 13.6. The van der Waals surface area contributed by atoms with Gasteiger partial charge in [0.1, 0.15) is 17.5 Å². The lowest BCUT2D eigenvalue weighted by atomic mass is 9.71. The first kappa shape index (κ1) is 32.6. The van der Waals surface area contributed by atoms with E-state index >= 15 is 0 Å². The van der Waals surface area contributed by atoms with Crippen molar-refractivity contribution >= 4 is 18.2 Å².